The summed E-state index contributed by atoms with van der Waals surface area (Å²) in [4.78, 5) is 4.84. The molecule has 7 rings (SSSR count). The quantitative estimate of drug-likeness (QED) is 0.107. The normalized spacial score (nSPS) is 14.9. The van der Waals surface area contributed by atoms with Gasteiger partial charge in [-0.2, -0.15) is 0 Å². The minimum atomic E-state index is 0.167. The fraction of sp³-hybridized carbons (Fsp3) is 0.361. The molecule has 74 heavy (non-hydrogen) atoms. The summed E-state index contributed by atoms with van der Waals surface area (Å²) in [5.41, 5.74) is 16.2. The van der Waals surface area contributed by atoms with Crippen LogP contribution in [0, 0.1) is 6.92 Å². The van der Waals surface area contributed by atoms with Gasteiger partial charge in [0.15, 0.2) is 0 Å². The molecule has 0 saturated carbocycles. The van der Waals surface area contributed by atoms with Gasteiger partial charge >= 0.3 is 0 Å². The molecule has 5 aromatic carbocycles. The van der Waals surface area contributed by atoms with Crippen LogP contribution in [0.5, 0.6) is 0 Å². The van der Waals surface area contributed by atoms with Gasteiger partial charge in [-0.3, -0.25) is 0 Å². The molecule has 402 valence electrons. The Labute approximate surface area is 457 Å². The molecule has 0 amide bonds. The van der Waals surface area contributed by atoms with E-state index in [9.17, 15) is 0 Å². The first kappa shape index (κ1) is 69.7. The molecule has 0 fully saturated rings. The SMILES string of the molecule is C/C=C\C.C/C=C\C(=C(/C)c1cccc(-c2ccc3c(c2)N(c2cc(C)cc(C4C=CC=CCC4)c2)C(C)/C=C\C=C/C3)c1)N(C)c1ccc(-c2ccccc2)cc1.C=CCC.CC.CC.CC.CC.CC.CC. The standard InChI is InChI=1S/C52H52N2.2C4H8.6C2H6/c1-6-18-51(53(5)49-31-29-43(30-32-49)41-20-14-10-15-21-41)40(4)45-25-17-26-46(35-45)47-28-27-44-24-16-9-11-19-39(3)54(52(44)37-47)50-34-38(2)33-48(36-50)42-22-12-7-8-13-23-42;2*1-3-4-2;6*1-2/h6-12,14-22,25-37,39,42H,13,23-24H2,1-5H3;3-4H,1-2H3;3H,1,4H2,2H3;6*1-2H3/b16-9-,18-6-,19-11-,51-40-;4-3-;;;;;;;. The van der Waals surface area contributed by atoms with E-state index in [2.05, 4.69) is 234 Å². The topological polar surface area (TPSA) is 6.48 Å². The lowest BCUT2D eigenvalue weighted by molar-refractivity contribution is 0.754. The van der Waals surface area contributed by atoms with E-state index in [1.807, 2.05) is 115 Å². The van der Waals surface area contributed by atoms with Crippen molar-refractivity contribution >= 4 is 22.6 Å². The lowest BCUT2D eigenvalue weighted by Gasteiger charge is -2.33. The molecule has 0 N–H and O–H groups in total. The van der Waals surface area contributed by atoms with E-state index in [1.165, 1.54) is 67.2 Å². The summed E-state index contributed by atoms with van der Waals surface area (Å²) in [5.74, 6) is 0.411. The van der Waals surface area contributed by atoms with Gasteiger partial charge in [0, 0.05) is 41.8 Å². The lowest BCUT2D eigenvalue weighted by atomic mass is 9.92. The second-order valence-corrected chi connectivity index (χ2v) is 16.0. The molecular formula is C72H104N2. The fourth-order valence-corrected chi connectivity index (χ4v) is 7.86. The summed E-state index contributed by atoms with van der Waals surface area (Å²) in [6, 6.07) is 42.9. The number of rotatable bonds is 9. The number of fused-ring (bicyclic) bond motifs is 1. The highest BCUT2D eigenvalue weighted by Gasteiger charge is 2.22. The zero-order valence-corrected chi connectivity index (χ0v) is 50.6. The van der Waals surface area contributed by atoms with Gasteiger partial charge in [-0.25, -0.2) is 0 Å². The minimum Gasteiger partial charge on any atom is -0.344 e. The fourth-order valence-electron chi connectivity index (χ4n) is 7.86. The molecule has 2 unspecified atom stereocenters. The van der Waals surface area contributed by atoms with Crippen LogP contribution in [0.3, 0.4) is 0 Å². The van der Waals surface area contributed by atoms with E-state index in [4.69, 9.17) is 0 Å². The largest absolute Gasteiger partial charge is 0.344 e. The summed E-state index contributed by atoms with van der Waals surface area (Å²) in [6.45, 7) is 42.4. The molecule has 2 atom stereocenters. The van der Waals surface area contributed by atoms with Gasteiger partial charge in [-0.15, -0.1) is 6.58 Å². The monoisotopic (exact) mass is 997 g/mol. The van der Waals surface area contributed by atoms with Crippen molar-refractivity contribution in [1.82, 2.24) is 0 Å². The van der Waals surface area contributed by atoms with Gasteiger partial charge in [0.1, 0.15) is 0 Å². The first-order valence-corrected chi connectivity index (χ1v) is 28.4. The molecular weight excluding hydrogens is 893 g/mol. The zero-order valence-electron chi connectivity index (χ0n) is 50.6. The zero-order chi connectivity index (χ0) is 56.3. The van der Waals surface area contributed by atoms with Crippen LogP contribution in [-0.2, 0) is 6.42 Å². The average molecular weight is 998 g/mol. The van der Waals surface area contributed by atoms with E-state index in [0.29, 0.717) is 5.92 Å². The molecule has 1 heterocycles. The summed E-state index contributed by atoms with van der Waals surface area (Å²) in [6.07, 6.45) is 32.5. The smallest absolute Gasteiger partial charge is 0.0497 e. The Bertz CT molecular complexity index is 2410. The molecule has 2 aliphatic rings. The van der Waals surface area contributed by atoms with Gasteiger partial charge in [0.05, 0.1) is 0 Å². The molecule has 0 saturated heterocycles. The third kappa shape index (κ3) is 23.2. The van der Waals surface area contributed by atoms with Crippen molar-refractivity contribution in [2.75, 3.05) is 16.8 Å². The summed E-state index contributed by atoms with van der Waals surface area (Å²) >= 11 is 0. The van der Waals surface area contributed by atoms with Crippen LogP contribution in [0.25, 0.3) is 27.8 Å². The maximum Gasteiger partial charge on any atom is 0.0497 e. The molecule has 0 radical (unpaired) electrons. The van der Waals surface area contributed by atoms with Crippen LogP contribution in [0.15, 0.2) is 207 Å². The second-order valence-electron chi connectivity index (χ2n) is 16.0. The van der Waals surface area contributed by atoms with E-state index < -0.39 is 0 Å². The van der Waals surface area contributed by atoms with Crippen LogP contribution in [0.4, 0.5) is 17.1 Å². The molecule has 0 spiro atoms. The van der Waals surface area contributed by atoms with Crippen LogP contribution >= 0.6 is 0 Å². The number of likely N-dealkylation sites (N-methyl/N-ethyl adjacent to an activating group) is 1. The van der Waals surface area contributed by atoms with Crippen molar-refractivity contribution < 1.29 is 0 Å². The summed E-state index contributed by atoms with van der Waals surface area (Å²) < 4.78 is 0. The molecule has 1 aliphatic heterocycles. The predicted molar refractivity (Wildman–Crippen MR) is 344 cm³/mol. The average Bonchev–Trinajstić information content (AvgIpc) is 3.74. The van der Waals surface area contributed by atoms with E-state index >= 15 is 0 Å². The second kappa shape index (κ2) is 44.1. The number of hydrogen-bond acceptors (Lipinski definition) is 2. The number of nitrogens with zero attached hydrogens (tertiary/aromatic N) is 2. The Morgan fingerprint density at radius 1 is 0.622 bits per heavy atom. The molecule has 0 bridgehead atoms. The number of anilines is 3. The number of hydrogen-bond donors (Lipinski definition) is 0. The van der Waals surface area contributed by atoms with Gasteiger partial charge in [-0.05, 0) is 160 Å². The highest BCUT2D eigenvalue weighted by molar-refractivity contribution is 5.81. The number of allylic oxidation sites excluding steroid dienone is 13. The molecule has 2 nitrogen and oxygen atoms in total. The first-order valence-electron chi connectivity index (χ1n) is 28.4. The van der Waals surface area contributed by atoms with Crippen molar-refractivity contribution in [2.24, 2.45) is 0 Å². The maximum absolute atomic E-state index is 3.48. The van der Waals surface area contributed by atoms with Gasteiger partial charge in [-0.1, -0.05) is 242 Å². The van der Waals surface area contributed by atoms with Crippen molar-refractivity contribution in [1.29, 1.82) is 0 Å². The van der Waals surface area contributed by atoms with Crippen LogP contribution < -0.4 is 9.80 Å². The van der Waals surface area contributed by atoms with Crippen LogP contribution in [-0.4, -0.2) is 13.1 Å². The van der Waals surface area contributed by atoms with Crippen LogP contribution in [0.2, 0.25) is 0 Å². The lowest BCUT2D eigenvalue weighted by Crippen LogP contribution is -2.27. The number of benzene rings is 5. The first-order chi connectivity index (χ1) is 36.2. The van der Waals surface area contributed by atoms with E-state index in [0.717, 1.165) is 31.4 Å². The van der Waals surface area contributed by atoms with Crippen molar-refractivity contribution in [3.63, 3.8) is 0 Å². The Morgan fingerprint density at radius 3 is 1.77 bits per heavy atom. The molecule has 1 aliphatic carbocycles. The Hall–Kier alpha value is -6.38. The van der Waals surface area contributed by atoms with Gasteiger partial charge in [0.25, 0.3) is 0 Å². The van der Waals surface area contributed by atoms with Gasteiger partial charge in [0.2, 0.25) is 0 Å². The highest BCUT2D eigenvalue weighted by Crippen LogP contribution is 2.39. The third-order valence-corrected chi connectivity index (χ3v) is 11.4. The van der Waals surface area contributed by atoms with Crippen molar-refractivity contribution in [3.8, 4) is 22.3 Å². The third-order valence-electron chi connectivity index (χ3n) is 11.4. The molecule has 0 aromatic heterocycles. The Kier molecular flexibility index (Phi) is 41.6. The van der Waals surface area contributed by atoms with Gasteiger partial charge < -0.3 is 9.80 Å². The molecule has 2 heteroatoms. The summed E-state index contributed by atoms with van der Waals surface area (Å²) in [5, 5.41) is 0. The Balaban J connectivity index is 0. The predicted octanol–water partition coefficient (Wildman–Crippen LogP) is 23.3. The Morgan fingerprint density at radius 2 is 1.18 bits per heavy atom. The molecule has 5 aromatic rings. The minimum absolute atomic E-state index is 0.167. The van der Waals surface area contributed by atoms with Crippen LogP contribution in [0.1, 0.15) is 172 Å². The van der Waals surface area contributed by atoms with Crippen molar-refractivity contribution in [3.05, 3.63) is 229 Å². The highest BCUT2D eigenvalue weighted by atomic mass is 15.2. The summed E-state index contributed by atoms with van der Waals surface area (Å²) in [7, 11) is 2.16. The maximum atomic E-state index is 3.48. The van der Waals surface area contributed by atoms with E-state index in [1.54, 1.807) is 0 Å². The number of aryl methyl sites for hydroxylation is 1. The van der Waals surface area contributed by atoms with E-state index in [-0.39, 0.29) is 6.04 Å². The van der Waals surface area contributed by atoms with Crippen molar-refractivity contribution in [2.45, 2.75) is 169 Å².